The summed E-state index contributed by atoms with van der Waals surface area (Å²) in [5, 5.41) is 7.88. The third-order valence-corrected chi connectivity index (χ3v) is 6.05. The van der Waals surface area contributed by atoms with Crippen molar-refractivity contribution in [1.82, 2.24) is 20.0 Å². The van der Waals surface area contributed by atoms with Crippen LogP contribution in [0.4, 0.5) is 4.39 Å². The molecule has 0 aliphatic heterocycles. The van der Waals surface area contributed by atoms with Gasteiger partial charge in [0.2, 0.25) is 0 Å². The highest BCUT2D eigenvalue weighted by atomic mass is 19.1. The van der Waals surface area contributed by atoms with Crippen LogP contribution in [0.3, 0.4) is 0 Å². The predicted molar refractivity (Wildman–Crippen MR) is 132 cm³/mol. The van der Waals surface area contributed by atoms with Crippen LogP contribution in [0.15, 0.2) is 48.5 Å². The Hall–Kier alpha value is -2.99. The third-order valence-electron chi connectivity index (χ3n) is 6.05. The van der Waals surface area contributed by atoms with E-state index in [2.05, 4.69) is 30.1 Å². The molecule has 0 aliphatic rings. The van der Waals surface area contributed by atoms with Crippen LogP contribution in [0.2, 0.25) is 0 Å². The van der Waals surface area contributed by atoms with Crippen molar-refractivity contribution in [2.75, 3.05) is 19.6 Å². The van der Waals surface area contributed by atoms with Crippen molar-refractivity contribution >= 4 is 5.91 Å². The van der Waals surface area contributed by atoms with Gasteiger partial charge in [-0.05, 0) is 95.2 Å². The number of aromatic nitrogens is 2. The summed E-state index contributed by atoms with van der Waals surface area (Å²) in [6.45, 7) is 13.5. The Labute approximate surface area is 196 Å². The van der Waals surface area contributed by atoms with Crippen molar-refractivity contribution in [3.8, 4) is 16.9 Å². The van der Waals surface area contributed by atoms with Crippen LogP contribution in [0.25, 0.3) is 16.9 Å². The van der Waals surface area contributed by atoms with Crippen molar-refractivity contribution in [2.24, 2.45) is 0 Å². The van der Waals surface area contributed by atoms with Crippen molar-refractivity contribution in [3.63, 3.8) is 0 Å². The lowest BCUT2D eigenvalue weighted by Gasteiger charge is -2.20. The van der Waals surface area contributed by atoms with Crippen molar-refractivity contribution in [1.29, 1.82) is 0 Å². The second-order valence-corrected chi connectivity index (χ2v) is 8.67. The molecule has 1 aromatic heterocycles. The quantitative estimate of drug-likeness (QED) is 0.441. The van der Waals surface area contributed by atoms with Gasteiger partial charge >= 0.3 is 0 Å². The second-order valence-electron chi connectivity index (χ2n) is 8.67. The average molecular weight is 451 g/mol. The molecule has 0 saturated carbocycles. The van der Waals surface area contributed by atoms with Gasteiger partial charge in [0.05, 0.1) is 11.4 Å². The fourth-order valence-corrected chi connectivity index (χ4v) is 4.06. The molecule has 1 N–H and O–H groups in total. The van der Waals surface area contributed by atoms with Gasteiger partial charge in [0, 0.05) is 11.6 Å². The van der Waals surface area contributed by atoms with Gasteiger partial charge in [-0.25, -0.2) is 9.07 Å². The maximum absolute atomic E-state index is 13.4. The molecule has 5 nitrogen and oxygen atoms in total. The van der Waals surface area contributed by atoms with Crippen molar-refractivity contribution < 1.29 is 9.18 Å². The zero-order valence-electron chi connectivity index (χ0n) is 20.4. The summed E-state index contributed by atoms with van der Waals surface area (Å²) < 4.78 is 15.1. The highest BCUT2D eigenvalue weighted by molar-refractivity contribution is 5.94. The Morgan fingerprint density at radius 1 is 1.09 bits per heavy atom. The minimum Gasteiger partial charge on any atom is -0.348 e. The van der Waals surface area contributed by atoms with Gasteiger partial charge in [-0.15, -0.1) is 0 Å². The number of hydrogen-bond donors (Lipinski definition) is 1. The van der Waals surface area contributed by atoms with Gasteiger partial charge in [0.15, 0.2) is 0 Å². The van der Waals surface area contributed by atoms with Gasteiger partial charge in [-0.1, -0.05) is 31.5 Å². The van der Waals surface area contributed by atoms with E-state index in [1.165, 1.54) is 12.1 Å². The summed E-state index contributed by atoms with van der Waals surface area (Å²) in [6.07, 6.45) is 1.94. The predicted octanol–water partition coefficient (Wildman–Crippen LogP) is 5.54. The first-order chi connectivity index (χ1) is 15.8. The third kappa shape index (κ3) is 6.29. The smallest absolute Gasteiger partial charge is 0.270 e. The molecule has 3 rings (SSSR count). The summed E-state index contributed by atoms with van der Waals surface area (Å²) >= 11 is 0. The fraction of sp³-hybridized carbons (Fsp3) is 0.407. The summed E-state index contributed by atoms with van der Waals surface area (Å²) in [4.78, 5) is 15.7. The molecule has 0 aliphatic carbocycles. The Morgan fingerprint density at radius 2 is 1.79 bits per heavy atom. The van der Waals surface area contributed by atoms with Crippen LogP contribution in [0, 0.1) is 19.7 Å². The monoisotopic (exact) mass is 450 g/mol. The highest BCUT2D eigenvalue weighted by Crippen LogP contribution is 2.24. The lowest BCUT2D eigenvalue weighted by atomic mass is 10.1. The minimum atomic E-state index is -0.302. The van der Waals surface area contributed by atoms with E-state index in [4.69, 9.17) is 5.10 Å². The van der Waals surface area contributed by atoms with Crippen molar-refractivity contribution in [3.05, 3.63) is 71.2 Å². The van der Waals surface area contributed by atoms with Gasteiger partial charge in [-0.2, -0.15) is 5.10 Å². The van der Waals surface area contributed by atoms with Crippen molar-refractivity contribution in [2.45, 2.75) is 53.5 Å². The lowest BCUT2D eigenvalue weighted by molar-refractivity contribution is 0.0929. The van der Waals surface area contributed by atoms with E-state index in [1.807, 2.05) is 32.9 Å². The SMILES string of the molecule is CCN(CC)CCCC(C)NC(=O)c1cc(-c2ccc(F)cc2)nn1-c1ccc(C)cc1C. The van der Waals surface area contributed by atoms with Crippen LogP contribution >= 0.6 is 0 Å². The molecule has 3 aromatic rings. The lowest BCUT2D eigenvalue weighted by Crippen LogP contribution is -2.34. The normalized spacial score (nSPS) is 12.2. The first kappa shape index (κ1) is 24.6. The maximum atomic E-state index is 13.4. The summed E-state index contributed by atoms with van der Waals surface area (Å²) in [5.74, 6) is -0.463. The van der Waals surface area contributed by atoms with Crippen LogP contribution < -0.4 is 5.32 Å². The molecule has 1 atom stereocenters. The maximum Gasteiger partial charge on any atom is 0.270 e. The first-order valence-corrected chi connectivity index (χ1v) is 11.8. The number of rotatable bonds is 10. The molecular weight excluding hydrogens is 415 g/mol. The van der Waals surface area contributed by atoms with E-state index >= 15 is 0 Å². The van der Waals surface area contributed by atoms with Gasteiger partial charge < -0.3 is 10.2 Å². The molecule has 1 heterocycles. The number of aryl methyl sites for hydroxylation is 2. The molecule has 0 fully saturated rings. The standard InChI is InChI=1S/C27H35FN4O/c1-6-31(7-2)16-8-9-21(5)29-27(33)26-18-24(22-11-13-23(28)14-12-22)30-32(26)25-15-10-19(3)17-20(25)4/h10-15,17-18,21H,6-9,16H2,1-5H3,(H,29,33). The summed E-state index contributed by atoms with van der Waals surface area (Å²) in [7, 11) is 0. The van der Waals surface area contributed by atoms with E-state index in [9.17, 15) is 9.18 Å². The molecule has 0 radical (unpaired) electrons. The molecule has 1 unspecified atom stereocenters. The zero-order valence-corrected chi connectivity index (χ0v) is 20.4. The molecule has 0 bridgehead atoms. The molecule has 0 saturated heterocycles. The van der Waals surface area contributed by atoms with Gasteiger partial charge in [-0.3, -0.25) is 4.79 Å². The Kier molecular flexibility index (Phi) is 8.39. The Morgan fingerprint density at radius 3 is 2.42 bits per heavy atom. The molecule has 6 heteroatoms. The zero-order chi connectivity index (χ0) is 24.0. The fourth-order valence-electron chi connectivity index (χ4n) is 4.06. The van der Waals surface area contributed by atoms with Gasteiger partial charge in [0.25, 0.3) is 5.91 Å². The van der Waals surface area contributed by atoms with E-state index in [0.717, 1.165) is 54.9 Å². The van der Waals surface area contributed by atoms with Crippen LogP contribution in [-0.2, 0) is 0 Å². The number of halogens is 1. The van der Waals surface area contributed by atoms with Crippen LogP contribution in [-0.4, -0.2) is 46.3 Å². The Balaban J connectivity index is 1.85. The minimum absolute atomic E-state index is 0.0461. The first-order valence-electron chi connectivity index (χ1n) is 11.8. The molecule has 0 spiro atoms. The topological polar surface area (TPSA) is 50.2 Å². The summed E-state index contributed by atoms with van der Waals surface area (Å²) in [5.41, 5.74) is 4.90. The molecule has 1 amide bonds. The van der Waals surface area contributed by atoms with Gasteiger partial charge in [0.1, 0.15) is 11.5 Å². The summed E-state index contributed by atoms with van der Waals surface area (Å²) in [6, 6.07) is 14.1. The van der Waals surface area contributed by atoms with E-state index < -0.39 is 0 Å². The molecule has 2 aromatic carbocycles. The number of benzene rings is 2. The molecule has 33 heavy (non-hydrogen) atoms. The molecular formula is C27H35FN4O. The Bertz CT molecular complexity index is 1070. The second kappa shape index (κ2) is 11.2. The number of nitrogens with zero attached hydrogens (tertiary/aromatic N) is 3. The number of nitrogens with one attached hydrogen (secondary N) is 1. The van der Waals surface area contributed by atoms with E-state index in [0.29, 0.717) is 11.4 Å². The number of amides is 1. The number of carbonyl (C=O) groups excluding carboxylic acids is 1. The molecule has 176 valence electrons. The van der Waals surface area contributed by atoms with E-state index in [-0.39, 0.29) is 17.8 Å². The van der Waals surface area contributed by atoms with Crippen LogP contribution in [0.5, 0.6) is 0 Å². The largest absolute Gasteiger partial charge is 0.348 e. The van der Waals surface area contributed by atoms with Crippen LogP contribution in [0.1, 0.15) is 55.2 Å². The average Bonchev–Trinajstić information content (AvgIpc) is 3.22. The highest BCUT2D eigenvalue weighted by Gasteiger charge is 2.20. The number of hydrogen-bond acceptors (Lipinski definition) is 3. The van der Waals surface area contributed by atoms with E-state index in [1.54, 1.807) is 22.9 Å². The number of carbonyl (C=O) groups is 1.